The van der Waals surface area contributed by atoms with Gasteiger partial charge in [0.15, 0.2) is 0 Å². The molecular weight excluding hydrogens is 278 g/mol. The Labute approximate surface area is 115 Å². The van der Waals surface area contributed by atoms with Crippen molar-refractivity contribution in [1.82, 2.24) is 9.21 Å². The molecule has 18 heavy (non-hydrogen) atoms. The van der Waals surface area contributed by atoms with Crippen LogP contribution in [0.2, 0.25) is 0 Å². The molecule has 0 aromatic carbocycles. The molecule has 0 spiro atoms. The van der Waals surface area contributed by atoms with Crippen molar-refractivity contribution in [2.24, 2.45) is 11.1 Å². The largest absolute Gasteiger partial charge is 0.340 e. The molecule has 0 aliphatic carbocycles. The van der Waals surface area contributed by atoms with Crippen molar-refractivity contribution in [2.45, 2.75) is 13.8 Å². The van der Waals surface area contributed by atoms with E-state index in [4.69, 9.17) is 5.73 Å². The monoisotopic (exact) mass is 299 g/mol. The van der Waals surface area contributed by atoms with Gasteiger partial charge >= 0.3 is 0 Å². The zero-order valence-electron chi connectivity index (χ0n) is 11.0. The molecule has 0 unspecified atom stereocenters. The van der Waals surface area contributed by atoms with Gasteiger partial charge in [-0.25, -0.2) is 8.42 Å². The second-order valence-electron chi connectivity index (χ2n) is 5.04. The van der Waals surface area contributed by atoms with E-state index in [2.05, 4.69) is 0 Å². The summed E-state index contributed by atoms with van der Waals surface area (Å²) in [5.41, 5.74) is 4.98. The molecule has 0 bridgehead atoms. The van der Waals surface area contributed by atoms with E-state index < -0.39 is 15.4 Å². The summed E-state index contributed by atoms with van der Waals surface area (Å²) < 4.78 is 24.0. The molecule has 1 saturated heterocycles. The van der Waals surface area contributed by atoms with Crippen LogP contribution in [0.4, 0.5) is 0 Å². The van der Waals surface area contributed by atoms with Crippen molar-refractivity contribution in [3.05, 3.63) is 0 Å². The molecule has 0 radical (unpaired) electrons. The third kappa shape index (κ3) is 4.08. The number of hydrogen-bond donors (Lipinski definition) is 1. The lowest BCUT2D eigenvalue weighted by molar-refractivity contribution is -0.141. The summed E-state index contributed by atoms with van der Waals surface area (Å²) in [5.74, 6) is -0.00634. The summed E-state index contributed by atoms with van der Waals surface area (Å²) in [6, 6.07) is 0. The van der Waals surface area contributed by atoms with Crippen LogP contribution in [0, 0.1) is 5.41 Å². The first-order valence-corrected chi connectivity index (χ1v) is 7.48. The Morgan fingerprint density at radius 3 is 2.00 bits per heavy atom. The number of piperazine rings is 1. The second kappa shape index (κ2) is 6.18. The SMILES string of the molecule is CC(C)(CN)C(=O)N1CCN(S(C)(=O)=O)CC1.Cl. The first kappa shape index (κ1) is 17.6. The Morgan fingerprint density at radius 1 is 1.22 bits per heavy atom. The lowest BCUT2D eigenvalue weighted by Gasteiger charge is -2.37. The Balaban J connectivity index is 0.00000289. The van der Waals surface area contributed by atoms with Gasteiger partial charge in [0, 0.05) is 32.7 Å². The maximum Gasteiger partial charge on any atom is 0.229 e. The van der Waals surface area contributed by atoms with Crippen molar-refractivity contribution in [3.63, 3.8) is 0 Å². The molecule has 0 saturated carbocycles. The highest BCUT2D eigenvalue weighted by molar-refractivity contribution is 7.88. The van der Waals surface area contributed by atoms with Crippen LogP contribution in [0.15, 0.2) is 0 Å². The van der Waals surface area contributed by atoms with Crippen molar-refractivity contribution in [2.75, 3.05) is 39.0 Å². The van der Waals surface area contributed by atoms with Crippen LogP contribution in [0.25, 0.3) is 0 Å². The maximum absolute atomic E-state index is 12.1. The zero-order valence-corrected chi connectivity index (χ0v) is 12.7. The molecule has 6 nitrogen and oxygen atoms in total. The van der Waals surface area contributed by atoms with Gasteiger partial charge in [0.2, 0.25) is 15.9 Å². The Morgan fingerprint density at radius 2 is 1.67 bits per heavy atom. The summed E-state index contributed by atoms with van der Waals surface area (Å²) in [6.07, 6.45) is 1.19. The summed E-state index contributed by atoms with van der Waals surface area (Å²) in [5, 5.41) is 0. The van der Waals surface area contributed by atoms with Crippen LogP contribution in [-0.4, -0.2) is 62.5 Å². The third-order valence-corrected chi connectivity index (χ3v) is 4.39. The molecule has 1 heterocycles. The molecule has 1 aliphatic rings. The van der Waals surface area contributed by atoms with E-state index in [1.807, 2.05) is 0 Å². The number of sulfonamides is 1. The van der Waals surface area contributed by atoms with Crippen molar-refractivity contribution >= 4 is 28.3 Å². The number of rotatable bonds is 3. The summed E-state index contributed by atoms with van der Waals surface area (Å²) in [7, 11) is -3.15. The lowest BCUT2D eigenvalue weighted by atomic mass is 9.91. The van der Waals surface area contributed by atoms with Gasteiger partial charge in [-0.05, 0) is 13.8 Å². The van der Waals surface area contributed by atoms with Crippen LogP contribution in [0.1, 0.15) is 13.8 Å². The molecule has 1 rings (SSSR count). The average Bonchev–Trinajstić information content (AvgIpc) is 2.27. The molecular formula is C10H22ClN3O3S. The normalized spacial score (nSPS) is 18.3. The van der Waals surface area contributed by atoms with Crippen LogP contribution >= 0.6 is 12.4 Å². The number of nitrogens with zero attached hydrogens (tertiary/aromatic N) is 2. The predicted molar refractivity (Wildman–Crippen MR) is 73.1 cm³/mol. The Kier molecular flexibility index (Phi) is 6.06. The van der Waals surface area contributed by atoms with Gasteiger partial charge in [-0.1, -0.05) is 0 Å². The van der Waals surface area contributed by atoms with Gasteiger partial charge in [-0.2, -0.15) is 4.31 Å². The van der Waals surface area contributed by atoms with E-state index in [0.717, 1.165) is 0 Å². The number of carbonyl (C=O) groups is 1. The van der Waals surface area contributed by atoms with Crippen LogP contribution < -0.4 is 5.73 Å². The van der Waals surface area contributed by atoms with E-state index in [9.17, 15) is 13.2 Å². The van der Waals surface area contributed by atoms with E-state index in [0.29, 0.717) is 26.2 Å². The molecule has 8 heteroatoms. The number of halogens is 1. The maximum atomic E-state index is 12.1. The summed E-state index contributed by atoms with van der Waals surface area (Å²) in [4.78, 5) is 13.8. The minimum absolute atomic E-state index is 0. The molecule has 2 N–H and O–H groups in total. The van der Waals surface area contributed by atoms with E-state index in [-0.39, 0.29) is 24.9 Å². The van der Waals surface area contributed by atoms with E-state index in [1.165, 1.54) is 10.6 Å². The van der Waals surface area contributed by atoms with E-state index >= 15 is 0 Å². The molecule has 0 aromatic heterocycles. The fourth-order valence-corrected chi connectivity index (χ4v) is 2.56. The second-order valence-corrected chi connectivity index (χ2v) is 7.02. The highest BCUT2D eigenvalue weighted by atomic mass is 35.5. The molecule has 1 aliphatic heterocycles. The standard InChI is InChI=1S/C10H21N3O3S.ClH/c1-10(2,8-11)9(14)12-4-6-13(7-5-12)17(3,15)16;/h4-8,11H2,1-3H3;1H. The first-order chi connectivity index (χ1) is 7.68. The quantitative estimate of drug-likeness (QED) is 0.761. The molecule has 0 atom stereocenters. The highest BCUT2D eigenvalue weighted by Crippen LogP contribution is 2.18. The predicted octanol–water partition coefficient (Wildman–Crippen LogP) is -0.503. The Hall–Kier alpha value is -0.370. The van der Waals surface area contributed by atoms with Gasteiger partial charge < -0.3 is 10.6 Å². The fraction of sp³-hybridized carbons (Fsp3) is 0.900. The fourth-order valence-electron chi connectivity index (χ4n) is 1.74. The minimum Gasteiger partial charge on any atom is -0.340 e. The number of nitrogens with two attached hydrogens (primary N) is 1. The van der Waals surface area contributed by atoms with Gasteiger partial charge in [0.25, 0.3) is 0 Å². The van der Waals surface area contributed by atoms with Gasteiger partial charge in [-0.15, -0.1) is 12.4 Å². The zero-order chi connectivity index (χ0) is 13.3. The smallest absolute Gasteiger partial charge is 0.229 e. The van der Waals surface area contributed by atoms with Gasteiger partial charge in [0.05, 0.1) is 11.7 Å². The van der Waals surface area contributed by atoms with Crippen LogP contribution in [0.5, 0.6) is 0 Å². The topological polar surface area (TPSA) is 83.7 Å². The summed E-state index contributed by atoms with van der Waals surface area (Å²) in [6.45, 7) is 5.51. The number of amides is 1. The molecule has 0 aromatic rings. The minimum atomic E-state index is -3.15. The Bertz CT molecular complexity index is 389. The third-order valence-electron chi connectivity index (χ3n) is 3.08. The van der Waals surface area contributed by atoms with Crippen molar-refractivity contribution in [3.8, 4) is 0 Å². The highest BCUT2D eigenvalue weighted by Gasteiger charge is 2.33. The average molecular weight is 300 g/mol. The molecule has 1 amide bonds. The first-order valence-electron chi connectivity index (χ1n) is 5.63. The number of carbonyl (C=O) groups excluding carboxylic acids is 1. The van der Waals surface area contributed by atoms with Gasteiger partial charge in [0.1, 0.15) is 0 Å². The van der Waals surface area contributed by atoms with Crippen LogP contribution in [0.3, 0.4) is 0 Å². The van der Waals surface area contributed by atoms with Crippen molar-refractivity contribution < 1.29 is 13.2 Å². The van der Waals surface area contributed by atoms with Crippen molar-refractivity contribution in [1.29, 1.82) is 0 Å². The number of hydrogen-bond acceptors (Lipinski definition) is 4. The van der Waals surface area contributed by atoms with Crippen LogP contribution in [-0.2, 0) is 14.8 Å². The lowest BCUT2D eigenvalue weighted by Crippen LogP contribution is -2.54. The summed E-state index contributed by atoms with van der Waals surface area (Å²) >= 11 is 0. The molecule has 108 valence electrons. The molecule has 1 fully saturated rings. The van der Waals surface area contributed by atoms with E-state index in [1.54, 1.807) is 18.7 Å². The van der Waals surface area contributed by atoms with Gasteiger partial charge in [-0.3, -0.25) is 4.79 Å².